The van der Waals surface area contributed by atoms with E-state index in [4.69, 9.17) is 0 Å². The number of fused-ring (bicyclic) bond motifs is 6. The van der Waals surface area contributed by atoms with Crippen LogP contribution in [0.4, 0.5) is 0 Å². The smallest absolute Gasteiger partial charge is 0.0500 e. The van der Waals surface area contributed by atoms with E-state index in [1.807, 2.05) is 11.3 Å². The van der Waals surface area contributed by atoms with Crippen LogP contribution in [0.25, 0.3) is 53.1 Å². The molecule has 0 bridgehead atoms. The third-order valence-electron chi connectivity index (χ3n) is 5.94. The maximum absolute atomic E-state index is 2.46. The van der Waals surface area contributed by atoms with Crippen LogP contribution in [0.15, 0.2) is 84.9 Å². The molecule has 0 atom stereocenters. The summed E-state index contributed by atoms with van der Waals surface area (Å²) in [5.74, 6) is 0. The minimum absolute atomic E-state index is 0.413. The van der Waals surface area contributed by atoms with Crippen molar-refractivity contribution < 1.29 is 0 Å². The third-order valence-corrected chi connectivity index (χ3v) is 7.09. The summed E-state index contributed by atoms with van der Waals surface area (Å²) in [4.78, 5) is 0. The van der Waals surface area contributed by atoms with Crippen molar-refractivity contribution in [2.75, 3.05) is 0 Å². The summed E-state index contributed by atoms with van der Waals surface area (Å²) in [6.45, 7) is 4.53. The lowest BCUT2D eigenvalue weighted by Gasteiger charge is -2.12. The number of aromatic nitrogens is 1. The molecule has 0 aliphatic heterocycles. The zero-order chi connectivity index (χ0) is 19.5. The molecule has 0 unspecified atom stereocenters. The van der Waals surface area contributed by atoms with Crippen molar-refractivity contribution in [3.8, 4) is 11.1 Å². The number of benzene rings is 4. The Morgan fingerprint density at radius 1 is 0.586 bits per heavy atom. The molecule has 0 radical (unpaired) electrons. The number of nitrogens with zero attached hydrogens (tertiary/aromatic N) is 1. The second-order valence-corrected chi connectivity index (χ2v) is 9.11. The molecular weight excluding hydrogens is 370 g/mol. The summed E-state index contributed by atoms with van der Waals surface area (Å²) in [5, 5.41) is 5.38. The SMILES string of the molecule is CC(C)n1c2ccccc2c2ccc(-c3ccc4sc5ccccc5c4c3)cc21. The highest BCUT2D eigenvalue weighted by atomic mass is 32.1. The molecule has 1 nitrogen and oxygen atoms in total. The van der Waals surface area contributed by atoms with E-state index in [0.717, 1.165) is 0 Å². The predicted molar refractivity (Wildman–Crippen MR) is 128 cm³/mol. The summed E-state index contributed by atoms with van der Waals surface area (Å²) in [6, 6.07) is 31.7. The molecule has 2 aromatic heterocycles. The van der Waals surface area contributed by atoms with E-state index in [9.17, 15) is 0 Å². The normalized spacial score (nSPS) is 12.1. The molecule has 4 aromatic carbocycles. The zero-order valence-electron chi connectivity index (χ0n) is 16.5. The lowest BCUT2D eigenvalue weighted by molar-refractivity contribution is 0.642. The number of thiophene rings is 1. The Hall–Kier alpha value is -3.10. The van der Waals surface area contributed by atoms with E-state index in [2.05, 4.69) is 103 Å². The second kappa shape index (κ2) is 6.20. The van der Waals surface area contributed by atoms with Crippen LogP contribution in [0.5, 0.6) is 0 Å². The Morgan fingerprint density at radius 2 is 1.24 bits per heavy atom. The highest BCUT2D eigenvalue weighted by molar-refractivity contribution is 7.25. The molecule has 0 aliphatic carbocycles. The fraction of sp³-hybridized carbons (Fsp3) is 0.111. The number of hydrogen-bond donors (Lipinski definition) is 0. The van der Waals surface area contributed by atoms with Gasteiger partial charge in [-0.1, -0.05) is 54.6 Å². The van der Waals surface area contributed by atoms with Gasteiger partial charge in [0.05, 0.1) is 0 Å². The molecule has 2 heteroatoms. The first-order chi connectivity index (χ1) is 14.2. The fourth-order valence-corrected chi connectivity index (χ4v) is 5.73. The molecule has 2 heterocycles. The molecular formula is C27H21NS. The van der Waals surface area contributed by atoms with Crippen LogP contribution < -0.4 is 0 Å². The van der Waals surface area contributed by atoms with Crippen molar-refractivity contribution in [1.82, 2.24) is 4.57 Å². The molecule has 6 rings (SSSR count). The van der Waals surface area contributed by atoms with Gasteiger partial charge in [-0.3, -0.25) is 0 Å². The molecule has 29 heavy (non-hydrogen) atoms. The summed E-state index contributed by atoms with van der Waals surface area (Å²) in [5.41, 5.74) is 5.19. The van der Waals surface area contributed by atoms with Crippen LogP contribution in [-0.2, 0) is 0 Å². The van der Waals surface area contributed by atoms with Gasteiger partial charge in [-0.15, -0.1) is 11.3 Å². The monoisotopic (exact) mass is 391 g/mol. The summed E-state index contributed by atoms with van der Waals surface area (Å²) in [7, 11) is 0. The van der Waals surface area contributed by atoms with Gasteiger partial charge in [0.2, 0.25) is 0 Å². The number of rotatable bonds is 2. The van der Waals surface area contributed by atoms with Gasteiger partial charge in [0.15, 0.2) is 0 Å². The summed E-state index contributed by atoms with van der Waals surface area (Å²) in [6.07, 6.45) is 0. The maximum atomic E-state index is 2.46. The predicted octanol–water partition coefficient (Wildman–Crippen LogP) is 8.41. The van der Waals surface area contributed by atoms with Crippen molar-refractivity contribution in [2.45, 2.75) is 19.9 Å². The van der Waals surface area contributed by atoms with Crippen LogP contribution in [0.3, 0.4) is 0 Å². The lowest BCUT2D eigenvalue weighted by atomic mass is 10.0. The first kappa shape index (κ1) is 16.8. The van der Waals surface area contributed by atoms with Gasteiger partial charge in [0, 0.05) is 48.0 Å². The minimum atomic E-state index is 0.413. The molecule has 0 spiro atoms. The van der Waals surface area contributed by atoms with Gasteiger partial charge in [0.25, 0.3) is 0 Å². The van der Waals surface area contributed by atoms with Gasteiger partial charge in [-0.2, -0.15) is 0 Å². The van der Waals surface area contributed by atoms with Crippen molar-refractivity contribution in [1.29, 1.82) is 0 Å². The van der Waals surface area contributed by atoms with E-state index in [1.54, 1.807) is 0 Å². The van der Waals surface area contributed by atoms with E-state index < -0.39 is 0 Å². The van der Waals surface area contributed by atoms with E-state index >= 15 is 0 Å². The van der Waals surface area contributed by atoms with Crippen molar-refractivity contribution >= 4 is 53.3 Å². The second-order valence-electron chi connectivity index (χ2n) is 8.02. The molecule has 0 fully saturated rings. The van der Waals surface area contributed by atoms with Crippen molar-refractivity contribution in [3.63, 3.8) is 0 Å². The molecule has 0 N–H and O–H groups in total. The molecule has 6 aromatic rings. The Morgan fingerprint density at radius 3 is 2.10 bits per heavy atom. The van der Waals surface area contributed by atoms with E-state index in [1.165, 1.54) is 53.1 Å². The van der Waals surface area contributed by atoms with Crippen LogP contribution >= 0.6 is 11.3 Å². The average molecular weight is 392 g/mol. The van der Waals surface area contributed by atoms with Crippen LogP contribution in [0.1, 0.15) is 19.9 Å². The summed E-state index contributed by atoms with van der Waals surface area (Å²) >= 11 is 1.87. The Balaban J connectivity index is 1.62. The van der Waals surface area contributed by atoms with Crippen molar-refractivity contribution in [2.24, 2.45) is 0 Å². The van der Waals surface area contributed by atoms with Crippen LogP contribution in [0.2, 0.25) is 0 Å². The Kier molecular flexibility index (Phi) is 3.60. The highest BCUT2D eigenvalue weighted by Crippen LogP contribution is 2.38. The van der Waals surface area contributed by atoms with Gasteiger partial charge in [-0.05, 0) is 55.3 Å². The molecule has 0 aliphatic rings. The molecule has 0 saturated heterocycles. The highest BCUT2D eigenvalue weighted by Gasteiger charge is 2.14. The molecule has 0 amide bonds. The Bertz CT molecular complexity index is 1530. The van der Waals surface area contributed by atoms with Gasteiger partial charge in [-0.25, -0.2) is 0 Å². The Labute approximate surface area is 173 Å². The quantitative estimate of drug-likeness (QED) is 0.279. The van der Waals surface area contributed by atoms with Gasteiger partial charge >= 0.3 is 0 Å². The molecule has 140 valence electrons. The number of hydrogen-bond acceptors (Lipinski definition) is 1. The van der Waals surface area contributed by atoms with Gasteiger partial charge < -0.3 is 4.57 Å². The third kappa shape index (κ3) is 2.46. The van der Waals surface area contributed by atoms with Gasteiger partial charge in [0.1, 0.15) is 0 Å². The fourth-order valence-electron chi connectivity index (χ4n) is 4.64. The largest absolute Gasteiger partial charge is 0.338 e. The minimum Gasteiger partial charge on any atom is -0.338 e. The zero-order valence-corrected chi connectivity index (χ0v) is 17.3. The first-order valence-electron chi connectivity index (χ1n) is 10.1. The van der Waals surface area contributed by atoms with E-state index in [-0.39, 0.29) is 0 Å². The number of para-hydroxylation sites is 1. The average Bonchev–Trinajstić information content (AvgIpc) is 3.28. The van der Waals surface area contributed by atoms with Crippen molar-refractivity contribution in [3.05, 3.63) is 84.9 Å². The molecule has 0 saturated carbocycles. The maximum Gasteiger partial charge on any atom is 0.0500 e. The topological polar surface area (TPSA) is 4.93 Å². The lowest BCUT2D eigenvalue weighted by Crippen LogP contribution is -1.99. The first-order valence-corrected chi connectivity index (χ1v) is 11.0. The standard InChI is InChI=1S/C27H21NS/c1-17(2)28-24-9-5-3-7-20(24)21-13-11-19(16-25(21)28)18-12-14-27-23(15-18)22-8-4-6-10-26(22)29-27/h3-17H,1-2H3. The van der Waals surface area contributed by atoms with Crippen LogP contribution in [0, 0.1) is 0 Å². The summed E-state index contributed by atoms with van der Waals surface area (Å²) < 4.78 is 5.18. The van der Waals surface area contributed by atoms with E-state index in [0.29, 0.717) is 6.04 Å². The van der Waals surface area contributed by atoms with Crippen LogP contribution in [-0.4, -0.2) is 4.57 Å².